The van der Waals surface area contributed by atoms with Gasteiger partial charge in [-0.2, -0.15) is 0 Å². The zero-order valence-corrected chi connectivity index (χ0v) is 12.0. The van der Waals surface area contributed by atoms with Gasteiger partial charge in [0.15, 0.2) is 5.75 Å². The molecule has 3 N–H and O–H groups in total. The summed E-state index contributed by atoms with van der Waals surface area (Å²) in [7, 11) is 0. The molecule has 2 rings (SSSR count). The van der Waals surface area contributed by atoms with Gasteiger partial charge in [-0.25, -0.2) is 5.84 Å². The highest BCUT2D eigenvalue weighted by Gasteiger charge is 2.18. The normalized spacial score (nSPS) is 10.2. The Morgan fingerprint density at radius 3 is 2.90 bits per heavy atom. The number of ether oxygens (including phenoxy) is 1. The molecule has 0 radical (unpaired) electrons. The molecule has 0 aliphatic heterocycles. The summed E-state index contributed by atoms with van der Waals surface area (Å²) in [5.74, 6) is 4.89. The Morgan fingerprint density at radius 1 is 1.48 bits per heavy atom. The number of nitro benzene ring substituents is 1. The summed E-state index contributed by atoms with van der Waals surface area (Å²) in [6, 6.07) is 6.42. The molecule has 1 aromatic heterocycles. The number of rotatable bonds is 5. The van der Waals surface area contributed by atoms with E-state index < -0.39 is 10.8 Å². The summed E-state index contributed by atoms with van der Waals surface area (Å²) >= 11 is 1.23. The van der Waals surface area contributed by atoms with Crippen molar-refractivity contribution in [1.29, 1.82) is 0 Å². The van der Waals surface area contributed by atoms with Crippen LogP contribution in [0.4, 0.5) is 5.69 Å². The highest BCUT2D eigenvalue weighted by Crippen LogP contribution is 2.31. The second kappa shape index (κ2) is 6.33. The number of nitrogen functional groups attached to an aromatic ring is 1. The molecule has 0 spiro atoms. The van der Waals surface area contributed by atoms with Crippen LogP contribution in [0.2, 0.25) is 0 Å². The third-order valence-corrected chi connectivity index (χ3v) is 3.80. The topological polar surface area (TPSA) is 107 Å². The van der Waals surface area contributed by atoms with Gasteiger partial charge in [0.25, 0.3) is 5.91 Å². The van der Waals surface area contributed by atoms with Crippen LogP contribution in [0.25, 0.3) is 0 Å². The highest BCUT2D eigenvalue weighted by atomic mass is 32.1. The Labute approximate surface area is 124 Å². The molecule has 21 heavy (non-hydrogen) atoms. The van der Waals surface area contributed by atoms with E-state index in [1.165, 1.54) is 17.4 Å². The lowest BCUT2D eigenvalue weighted by atomic mass is 10.2. The lowest BCUT2D eigenvalue weighted by Crippen LogP contribution is -2.30. The first-order chi connectivity index (χ1) is 10.0. The number of nitro groups is 1. The average molecular weight is 307 g/mol. The van der Waals surface area contributed by atoms with Crippen LogP contribution in [-0.2, 0) is 6.61 Å². The third kappa shape index (κ3) is 3.18. The molecule has 0 aliphatic rings. The molecule has 1 aromatic carbocycles. The minimum atomic E-state index is -0.497. The fraction of sp³-hybridized carbons (Fsp3) is 0.154. The second-order valence-corrected chi connectivity index (χ2v) is 5.13. The van der Waals surface area contributed by atoms with Crippen molar-refractivity contribution in [3.05, 3.63) is 55.8 Å². The lowest BCUT2D eigenvalue weighted by Gasteiger charge is -2.09. The molecule has 0 atom stereocenters. The number of hydrazine groups is 1. The number of carbonyl (C=O) groups excluding carboxylic acids is 1. The van der Waals surface area contributed by atoms with Crippen molar-refractivity contribution >= 4 is 22.9 Å². The van der Waals surface area contributed by atoms with Crippen molar-refractivity contribution in [2.45, 2.75) is 13.5 Å². The molecule has 0 fully saturated rings. The van der Waals surface area contributed by atoms with Gasteiger partial charge in [-0.1, -0.05) is 12.1 Å². The molecule has 8 heteroatoms. The number of thiophene rings is 1. The van der Waals surface area contributed by atoms with Crippen molar-refractivity contribution in [2.75, 3.05) is 0 Å². The fourth-order valence-electron chi connectivity index (χ4n) is 1.83. The van der Waals surface area contributed by atoms with Crippen LogP contribution in [0.5, 0.6) is 5.75 Å². The van der Waals surface area contributed by atoms with Gasteiger partial charge in [0.1, 0.15) is 6.61 Å². The average Bonchev–Trinajstić information content (AvgIpc) is 2.93. The molecular weight excluding hydrogens is 294 g/mol. The molecule has 1 amide bonds. The van der Waals surface area contributed by atoms with Crippen LogP contribution < -0.4 is 16.0 Å². The van der Waals surface area contributed by atoms with Crippen LogP contribution in [0.1, 0.15) is 20.8 Å². The number of benzene rings is 1. The van der Waals surface area contributed by atoms with E-state index >= 15 is 0 Å². The van der Waals surface area contributed by atoms with Crippen LogP contribution in [-0.4, -0.2) is 10.8 Å². The number of nitrogens with one attached hydrogen (secondary N) is 1. The molecule has 0 saturated heterocycles. The lowest BCUT2D eigenvalue weighted by molar-refractivity contribution is -0.386. The Hall–Kier alpha value is -2.45. The van der Waals surface area contributed by atoms with Gasteiger partial charge >= 0.3 is 5.69 Å². The van der Waals surface area contributed by atoms with E-state index in [0.29, 0.717) is 16.0 Å². The highest BCUT2D eigenvalue weighted by molar-refractivity contribution is 7.12. The molecule has 0 saturated carbocycles. The van der Waals surface area contributed by atoms with Crippen molar-refractivity contribution < 1.29 is 14.5 Å². The maximum Gasteiger partial charge on any atom is 0.311 e. The van der Waals surface area contributed by atoms with Crippen molar-refractivity contribution in [3.63, 3.8) is 0 Å². The fourth-order valence-corrected chi connectivity index (χ4v) is 2.65. The minimum Gasteiger partial charge on any atom is -0.482 e. The van der Waals surface area contributed by atoms with E-state index in [2.05, 4.69) is 5.43 Å². The van der Waals surface area contributed by atoms with E-state index in [9.17, 15) is 14.9 Å². The van der Waals surface area contributed by atoms with Crippen molar-refractivity contribution in [1.82, 2.24) is 5.43 Å². The minimum absolute atomic E-state index is 0.0535. The number of aryl methyl sites for hydroxylation is 1. The van der Waals surface area contributed by atoms with E-state index in [0.717, 1.165) is 0 Å². The van der Waals surface area contributed by atoms with Gasteiger partial charge in [-0.3, -0.25) is 20.3 Å². The summed E-state index contributed by atoms with van der Waals surface area (Å²) < 4.78 is 5.55. The van der Waals surface area contributed by atoms with Crippen LogP contribution in [0.15, 0.2) is 29.6 Å². The van der Waals surface area contributed by atoms with Gasteiger partial charge in [0.05, 0.1) is 9.80 Å². The monoisotopic (exact) mass is 307 g/mol. The zero-order chi connectivity index (χ0) is 15.4. The summed E-state index contributed by atoms with van der Waals surface area (Å²) in [5.41, 5.74) is 3.24. The number of nitrogens with two attached hydrogens (primary N) is 1. The first-order valence-electron chi connectivity index (χ1n) is 5.98. The zero-order valence-electron chi connectivity index (χ0n) is 11.2. The van der Waals surface area contributed by atoms with Gasteiger partial charge in [-0.15, -0.1) is 11.3 Å². The summed E-state index contributed by atoms with van der Waals surface area (Å²) in [6.45, 7) is 1.78. The first-order valence-corrected chi connectivity index (χ1v) is 6.86. The van der Waals surface area contributed by atoms with Crippen LogP contribution >= 0.6 is 11.3 Å². The number of carbonyl (C=O) groups is 1. The van der Waals surface area contributed by atoms with Gasteiger partial charge in [0, 0.05) is 11.6 Å². The number of para-hydroxylation sites is 1. The molecule has 0 bridgehead atoms. The summed E-state index contributed by atoms with van der Waals surface area (Å²) in [4.78, 5) is 22.5. The first kappa shape index (κ1) is 14.9. The van der Waals surface area contributed by atoms with E-state index in [-0.39, 0.29) is 18.0 Å². The van der Waals surface area contributed by atoms with E-state index in [4.69, 9.17) is 10.6 Å². The Morgan fingerprint density at radius 2 is 2.24 bits per heavy atom. The SMILES string of the molecule is Cc1cccc([N+](=O)[O-])c1OCc1ccsc1C(=O)NN. The molecule has 0 unspecified atom stereocenters. The Bertz CT molecular complexity index is 684. The Balaban J connectivity index is 2.23. The number of hydrogen-bond acceptors (Lipinski definition) is 6. The second-order valence-electron chi connectivity index (χ2n) is 4.22. The third-order valence-electron chi connectivity index (χ3n) is 2.84. The van der Waals surface area contributed by atoms with E-state index in [1.807, 2.05) is 0 Å². The maximum absolute atomic E-state index is 11.6. The van der Waals surface area contributed by atoms with Crippen LogP contribution in [0.3, 0.4) is 0 Å². The predicted octanol–water partition coefficient (Wildman–Crippen LogP) is 2.15. The van der Waals surface area contributed by atoms with Crippen molar-refractivity contribution in [3.8, 4) is 5.75 Å². The van der Waals surface area contributed by atoms with Gasteiger partial charge in [0.2, 0.25) is 0 Å². The quantitative estimate of drug-likeness (QED) is 0.381. The molecule has 7 nitrogen and oxygen atoms in total. The number of nitrogens with zero attached hydrogens (tertiary/aromatic N) is 1. The molecule has 110 valence electrons. The molecular formula is C13H13N3O4S. The van der Waals surface area contributed by atoms with Crippen LogP contribution in [0, 0.1) is 17.0 Å². The van der Waals surface area contributed by atoms with Gasteiger partial charge in [-0.05, 0) is 23.9 Å². The Kier molecular flexibility index (Phi) is 4.51. The van der Waals surface area contributed by atoms with Gasteiger partial charge < -0.3 is 4.74 Å². The largest absolute Gasteiger partial charge is 0.482 e. The standard InChI is InChI=1S/C13H13N3O4S/c1-8-3-2-4-10(16(18)19)11(8)20-7-9-5-6-21-12(9)13(17)15-14/h2-6H,7,14H2,1H3,(H,15,17). The molecule has 0 aliphatic carbocycles. The summed E-state index contributed by atoms with van der Waals surface area (Å²) in [5, 5.41) is 12.7. The number of amides is 1. The van der Waals surface area contributed by atoms with E-state index in [1.54, 1.807) is 30.5 Å². The molecule has 1 heterocycles. The number of hydrogen-bond donors (Lipinski definition) is 2. The molecule has 2 aromatic rings. The summed E-state index contributed by atoms with van der Waals surface area (Å²) in [6.07, 6.45) is 0. The maximum atomic E-state index is 11.6. The smallest absolute Gasteiger partial charge is 0.311 e. The van der Waals surface area contributed by atoms with Crippen molar-refractivity contribution in [2.24, 2.45) is 5.84 Å². The predicted molar refractivity (Wildman–Crippen MR) is 78.1 cm³/mol.